The van der Waals surface area contributed by atoms with E-state index in [0.717, 1.165) is 5.06 Å². The molecular weight excluding hydrogens is 262 g/mol. The fourth-order valence-electron chi connectivity index (χ4n) is 1.65. The molecule has 0 aliphatic rings. The summed E-state index contributed by atoms with van der Waals surface area (Å²) in [5.41, 5.74) is 0.398. The molecule has 1 rings (SSSR count). The van der Waals surface area contributed by atoms with Gasteiger partial charge in [-0.1, -0.05) is 18.2 Å². The molecular formula is C14H19NO5. The molecule has 0 unspecified atom stereocenters. The lowest BCUT2D eigenvalue weighted by Gasteiger charge is -2.25. The van der Waals surface area contributed by atoms with Crippen LogP contribution in [0.3, 0.4) is 0 Å². The summed E-state index contributed by atoms with van der Waals surface area (Å²) in [4.78, 5) is 23.4. The van der Waals surface area contributed by atoms with E-state index in [9.17, 15) is 14.8 Å². The number of carbonyl (C=O) groups excluding carboxylic acids is 2. The molecule has 0 aliphatic carbocycles. The number of carbonyl (C=O) groups is 2. The molecule has 0 bridgehead atoms. The maximum atomic E-state index is 11.9. The molecule has 6 heteroatoms. The van der Waals surface area contributed by atoms with Gasteiger partial charge in [0.1, 0.15) is 0 Å². The first-order chi connectivity index (χ1) is 9.60. The van der Waals surface area contributed by atoms with Gasteiger partial charge in [0.05, 0.1) is 25.3 Å². The minimum atomic E-state index is -1.13. The zero-order chi connectivity index (χ0) is 15.0. The second-order valence-electron chi connectivity index (χ2n) is 3.96. The largest absolute Gasteiger partial charge is 0.466 e. The Morgan fingerprint density at radius 3 is 2.30 bits per heavy atom. The van der Waals surface area contributed by atoms with Crippen molar-refractivity contribution in [3.8, 4) is 0 Å². The standard InChI is InChI=1S/C14H19NO5/c1-3-19-13(16)10-12(14(17)20-4-2)15(18)11-8-6-5-7-9-11/h5-9,12,18H,3-4,10H2,1-2H3/t12-/m0/s1. The fraction of sp³-hybridized carbons (Fsp3) is 0.429. The number of para-hydroxylation sites is 1. The van der Waals surface area contributed by atoms with E-state index < -0.39 is 18.0 Å². The monoisotopic (exact) mass is 281 g/mol. The van der Waals surface area contributed by atoms with Crippen LogP contribution in [-0.4, -0.2) is 36.4 Å². The van der Waals surface area contributed by atoms with Crippen molar-refractivity contribution in [1.82, 2.24) is 0 Å². The van der Waals surface area contributed by atoms with E-state index in [1.807, 2.05) is 0 Å². The summed E-state index contributed by atoms with van der Waals surface area (Å²) in [6, 6.07) is 7.32. The van der Waals surface area contributed by atoms with Crippen molar-refractivity contribution in [3.05, 3.63) is 30.3 Å². The number of rotatable bonds is 7. The lowest BCUT2D eigenvalue weighted by Crippen LogP contribution is -2.42. The molecule has 0 aromatic heterocycles. The van der Waals surface area contributed by atoms with E-state index in [1.54, 1.807) is 44.2 Å². The number of hydrogen-bond acceptors (Lipinski definition) is 6. The number of anilines is 1. The number of benzene rings is 1. The predicted molar refractivity (Wildman–Crippen MR) is 72.4 cm³/mol. The molecule has 0 aliphatic heterocycles. The van der Waals surface area contributed by atoms with Gasteiger partial charge in [0.15, 0.2) is 6.04 Å². The molecule has 0 heterocycles. The lowest BCUT2D eigenvalue weighted by molar-refractivity contribution is -0.153. The SMILES string of the molecule is CCOC(=O)C[C@@H](C(=O)OCC)N(O)c1ccccc1. The Hall–Kier alpha value is -2.08. The Kier molecular flexibility index (Phi) is 6.52. The van der Waals surface area contributed by atoms with Crippen molar-refractivity contribution >= 4 is 17.6 Å². The topological polar surface area (TPSA) is 76.1 Å². The zero-order valence-electron chi connectivity index (χ0n) is 11.6. The van der Waals surface area contributed by atoms with Crippen LogP contribution in [0, 0.1) is 0 Å². The van der Waals surface area contributed by atoms with Gasteiger partial charge >= 0.3 is 11.9 Å². The molecule has 1 aromatic carbocycles. The Morgan fingerprint density at radius 1 is 1.15 bits per heavy atom. The second kappa shape index (κ2) is 8.16. The van der Waals surface area contributed by atoms with Crippen LogP contribution in [0.4, 0.5) is 5.69 Å². The number of esters is 2. The summed E-state index contributed by atoms with van der Waals surface area (Å²) in [5.74, 6) is -1.24. The minimum absolute atomic E-state index is 0.167. The Bertz CT molecular complexity index is 434. The highest BCUT2D eigenvalue weighted by atomic mass is 16.6. The van der Waals surface area contributed by atoms with E-state index in [-0.39, 0.29) is 19.6 Å². The molecule has 0 spiro atoms. The summed E-state index contributed by atoms with van der Waals surface area (Å²) in [7, 11) is 0. The van der Waals surface area contributed by atoms with Crippen LogP contribution >= 0.6 is 0 Å². The third-order valence-electron chi connectivity index (χ3n) is 2.54. The number of hydrogen-bond donors (Lipinski definition) is 1. The highest BCUT2D eigenvalue weighted by Gasteiger charge is 2.30. The molecule has 0 saturated carbocycles. The van der Waals surface area contributed by atoms with Gasteiger partial charge in [-0.15, -0.1) is 0 Å². The predicted octanol–water partition coefficient (Wildman–Crippen LogP) is 1.77. The van der Waals surface area contributed by atoms with Crippen molar-refractivity contribution in [2.75, 3.05) is 18.3 Å². The van der Waals surface area contributed by atoms with Crippen molar-refractivity contribution in [3.63, 3.8) is 0 Å². The van der Waals surface area contributed by atoms with Crippen molar-refractivity contribution < 1.29 is 24.3 Å². The van der Waals surface area contributed by atoms with Crippen LogP contribution in [0.1, 0.15) is 20.3 Å². The second-order valence-corrected chi connectivity index (χ2v) is 3.96. The summed E-state index contributed by atoms with van der Waals surface area (Å²) in [6.45, 7) is 3.71. The van der Waals surface area contributed by atoms with Crippen molar-refractivity contribution in [1.29, 1.82) is 0 Å². The van der Waals surface area contributed by atoms with Crippen LogP contribution in [0.5, 0.6) is 0 Å². The van der Waals surface area contributed by atoms with Crippen LogP contribution in [0.25, 0.3) is 0 Å². The third kappa shape index (κ3) is 4.55. The van der Waals surface area contributed by atoms with Gasteiger partial charge in [-0.25, -0.2) is 9.86 Å². The van der Waals surface area contributed by atoms with Gasteiger partial charge in [0.2, 0.25) is 0 Å². The summed E-state index contributed by atoms with van der Waals surface area (Å²) >= 11 is 0. The molecule has 0 saturated heterocycles. The summed E-state index contributed by atoms with van der Waals surface area (Å²) in [5, 5.41) is 10.9. The van der Waals surface area contributed by atoms with Gasteiger partial charge in [-0.2, -0.15) is 0 Å². The first-order valence-corrected chi connectivity index (χ1v) is 6.45. The smallest absolute Gasteiger partial charge is 0.331 e. The number of ether oxygens (including phenoxy) is 2. The van der Waals surface area contributed by atoms with Gasteiger partial charge in [0.25, 0.3) is 0 Å². The zero-order valence-corrected chi connectivity index (χ0v) is 11.6. The summed E-state index contributed by atoms with van der Waals surface area (Å²) in [6.07, 6.45) is -0.280. The summed E-state index contributed by atoms with van der Waals surface area (Å²) < 4.78 is 9.68. The third-order valence-corrected chi connectivity index (χ3v) is 2.54. The van der Waals surface area contributed by atoms with E-state index in [1.165, 1.54) is 0 Å². The molecule has 0 amide bonds. The molecule has 110 valence electrons. The lowest BCUT2D eigenvalue weighted by atomic mass is 10.2. The first kappa shape index (κ1) is 16.0. The maximum absolute atomic E-state index is 11.9. The molecule has 0 fully saturated rings. The highest BCUT2D eigenvalue weighted by Crippen LogP contribution is 2.17. The van der Waals surface area contributed by atoms with Gasteiger partial charge in [-0.05, 0) is 26.0 Å². The Labute approximate surface area is 117 Å². The molecule has 20 heavy (non-hydrogen) atoms. The van der Waals surface area contributed by atoms with E-state index in [0.29, 0.717) is 5.69 Å². The van der Waals surface area contributed by atoms with E-state index >= 15 is 0 Å². The average Bonchev–Trinajstić information content (AvgIpc) is 2.45. The Balaban J connectivity index is 2.86. The van der Waals surface area contributed by atoms with Crippen LogP contribution < -0.4 is 5.06 Å². The van der Waals surface area contributed by atoms with Crippen LogP contribution in [0.2, 0.25) is 0 Å². The van der Waals surface area contributed by atoms with E-state index in [4.69, 9.17) is 9.47 Å². The average molecular weight is 281 g/mol. The molecule has 1 N–H and O–H groups in total. The first-order valence-electron chi connectivity index (χ1n) is 6.45. The normalized spacial score (nSPS) is 11.6. The van der Waals surface area contributed by atoms with Gasteiger partial charge < -0.3 is 9.47 Å². The van der Waals surface area contributed by atoms with Crippen LogP contribution in [-0.2, 0) is 19.1 Å². The van der Waals surface area contributed by atoms with Crippen LogP contribution in [0.15, 0.2) is 30.3 Å². The van der Waals surface area contributed by atoms with Crippen molar-refractivity contribution in [2.45, 2.75) is 26.3 Å². The highest BCUT2D eigenvalue weighted by molar-refractivity contribution is 5.85. The maximum Gasteiger partial charge on any atom is 0.331 e. The van der Waals surface area contributed by atoms with Gasteiger partial charge in [-0.3, -0.25) is 10.0 Å². The number of hydroxylamine groups is 1. The van der Waals surface area contributed by atoms with Gasteiger partial charge in [0, 0.05) is 0 Å². The number of nitrogens with zero attached hydrogens (tertiary/aromatic N) is 1. The molecule has 6 nitrogen and oxygen atoms in total. The fourth-order valence-corrected chi connectivity index (χ4v) is 1.65. The Morgan fingerprint density at radius 2 is 1.75 bits per heavy atom. The van der Waals surface area contributed by atoms with Crippen molar-refractivity contribution in [2.24, 2.45) is 0 Å². The molecule has 0 radical (unpaired) electrons. The minimum Gasteiger partial charge on any atom is -0.466 e. The molecule has 1 aromatic rings. The quantitative estimate of drug-likeness (QED) is 0.606. The molecule has 1 atom stereocenters. The van der Waals surface area contributed by atoms with E-state index in [2.05, 4.69) is 0 Å².